The van der Waals surface area contributed by atoms with Crippen LogP contribution in [0.2, 0.25) is 0 Å². The van der Waals surface area contributed by atoms with Crippen molar-refractivity contribution in [1.82, 2.24) is 5.32 Å². The molecule has 0 aliphatic heterocycles. The lowest BCUT2D eigenvalue weighted by atomic mass is 9.82. The first-order chi connectivity index (χ1) is 6.25. The third-order valence-corrected chi connectivity index (χ3v) is 3.00. The second kappa shape index (κ2) is 5.38. The fraction of sp³-hybridized carbons (Fsp3) is 0.909. The van der Waals surface area contributed by atoms with Crippen LogP contribution in [0.25, 0.3) is 0 Å². The normalized spacial score (nSPS) is 21.4. The van der Waals surface area contributed by atoms with Gasteiger partial charge < -0.3 is 5.32 Å². The molecule has 13 heavy (non-hydrogen) atoms. The van der Waals surface area contributed by atoms with Gasteiger partial charge in [-0.25, -0.2) is 0 Å². The number of Topliss-reactive ketones (excluding diaryl/α,β-unsaturated/α-hetero) is 1. The van der Waals surface area contributed by atoms with Crippen molar-refractivity contribution in [2.75, 3.05) is 13.6 Å². The van der Waals surface area contributed by atoms with Crippen LogP contribution in [0.5, 0.6) is 0 Å². The molecule has 1 saturated carbocycles. The van der Waals surface area contributed by atoms with Gasteiger partial charge in [-0.2, -0.15) is 0 Å². The Morgan fingerprint density at radius 1 is 1.38 bits per heavy atom. The second-order valence-electron chi connectivity index (χ2n) is 4.20. The zero-order valence-corrected chi connectivity index (χ0v) is 8.81. The number of rotatable bonds is 4. The monoisotopic (exact) mass is 183 g/mol. The quantitative estimate of drug-likeness (QED) is 0.722. The minimum Gasteiger partial charge on any atom is -0.319 e. The molecule has 2 nitrogen and oxygen atoms in total. The highest BCUT2D eigenvalue weighted by Gasteiger charge is 2.24. The molecule has 0 heterocycles. The van der Waals surface area contributed by atoms with Gasteiger partial charge in [0.05, 0.1) is 0 Å². The molecule has 0 bridgehead atoms. The summed E-state index contributed by atoms with van der Waals surface area (Å²) in [6.07, 6.45) is 6.09. The minimum atomic E-state index is 0.202. The first-order valence-electron chi connectivity index (χ1n) is 5.44. The molecular formula is C11H21NO. The first kappa shape index (κ1) is 10.7. The van der Waals surface area contributed by atoms with Gasteiger partial charge in [0.15, 0.2) is 0 Å². The predicted molar refractivity (Wildman–Crippen MR) is 54.7 cm³/mol. The van der Waals surface area contributed by atoms with E-state index in [9.17, 15) is 4.79 Å². The fourth-order valence-electron chi connectivity index (χ4n) is 2.20. The summed E-state index contributed by atoms with van der Waals surface area (Å²) < 4.78 is 0. The largest absolute Gasteiger partial charge is 0.319 e. The van der Waals surface area contributed by atoms with Crippen LogP contribution in [0, 0.1) is 11.8 Å². The van der Waals surface area contributed by atoms with Crippen LogP contribution in [-0.2, 0) is 4.79 Å². The lowest BCUT2D eigenvalue weighted by Gasteiger charge is -2.23. The molecule has 0 amide bonds. The molecule has 1 atom stereocenters. The summed E-state index contributed by atoms with van der Waals surface area (Å²) in [5, 5.41) is 3.07. The van der Waals surface area contributed by atoms with Gasteiger partial charge in [-0.3, -0.25) is 4.79 Å². The topological polar surface area (TPSA) is 29.1 Å². The molecule has 1 aliphatic rings. The number of ketones is 1. The maximum absolute atomic E-state index is 11.8. The number of carbonyl (C=O) groups excluding carboxylic acids is 1. The zero-order chi connectivity index (χ0) is 9.68. The highest BCUT2D eigenvalue weighted by atomic mass is 16.1. The van der Waals surface area contributed by atoms with Crippen molar-refractivity contribution in [1.29, 1.82) is 0 Å². The van der Waals surface area contributed by atoms with Crippen LogP contribution >= 0.6 is 0 Å². The lowest BCUT2D eigenvalue weighted by molar-refractivity contribution is -0.127. The summed E-state index contributed by atoms with van der Waals surface area (Å²) in [4.78, 5) is 11.8. The maximum Gasteiger partial charge on any atom is 0.140 e. The van der Waals surface area contributed by atoms with E-state index in [2.05, 4.69) is 5.32 Å². The standard InChI is InChI=1S/C11H21NO/c1-9(8-12-2)11(13)10-6-4-3-5-7-10/h9-10,12H,3-8H2,1-2H3. The Kier molecular flexibility index (Phi) is 4.43. The van der Waals surface area contributed by atoms with Crippen molar-refractivity contribution in [2.45, 2.75) is 39.0 Å². The predicted octanol–water partition coefficient (Wildman–Crippen LogP) is 1.99. The molecule has 1 rings (SSSR count). The molecule has 76 valence electrons. The Balaban J connectivity index is 2.36. The Morgan fingerprint density at radius 2 is 2.00 bits per heavy atom. The van der Waals surface area contributed by atoms with E-state index in [1.807, 2.05) is 14.0 Å². The Hall–Kier alpha value is -0.370. The van der Waals surface area contributed by atoms with E-state index in [1.165, 1.54) is 19.3 Å². The minimum absolute atomic E-state index is 0.202. The highest BCUT2D eigenvalue weighted by molar-refractivity contribution is 5.83. The van der Waals surface area contributed by atoms with Gasteiger partial charge in [0.1, 0.15) is 5.78 Å². The average Bonchev–Trinajstić information content (AvgIpc) is 2.18. The smallest absolute Gasteiger partial charge is 0.140 e. The fourth-order valence-corrected chi connectivity index (χ4v) is 2.20. The number of carbonyl (C=O) groups is 1. The highest BCUT2D eigenvalue weighted by Crippen LogP contribution is 2.26. The SMILES string of the molecule is CNCC(C)C(=O)C1CCCCC1. The Morgan fingerprint density at radius 3 is 2.54 bits per heavy atom. The van der Waals surface area contributed by atoms with Crippen LogP contribution in [0.3, 0.4) is 0 Å². The summed E-state index contributed by atoms with van der Waals surface area (Å²) in [7, 11) is 1.91. The van der Waals surface area contributed by atoms with E-state index in [0.29, 0.717) is 11.7 Å². The van der Waals surface area contributed by atoms with E-state index in [0.717, 1.165) is 19.4 Å². The molecule has 2 heteroatoms. The van der Waals surface area contributed by atoms with Crippen molar-refractivity contribution < 1.29 is 4.79 Å². The Bertz CT molecular complexity index is 161. The van der Waals surface area contributed by atoms with E-state index < -0.39 is 0 Å². The third kappa shape index (κ3) is 3.11. The molecule has 0 saturated heterocycles. The van der Waals surface area contributed by atoms with E-state index in [-0.39, 0.29) is 5.92 Å². The molecule has 0 aromatic carbocycles. The van der Waals surface area contributed by atoms with Gasteiger partial charge in [-0.15, -0.1) is 0 Å². The number of hydrogen-bond acceptors (Lipinski definition) is 2. The van der Waals surface area contributed by atoms with Gasteiger partial charge >= 0.3 is 0 Å². The van der Waals surface area contributed by atoms with Crippen molar-refractivity contribution in [2.24, 2.45) is 11.8 Å². The van der Waals surface area contributed by atoms with Crippen molar-refractivity contribution in [3.05, 3.63) is 0 Å². The van der Waals surface area contributed by atoms with Crippen molar-refractivity contribution >= 4 is 5.78 Å². The number of nitrogens with one attached hydrogen (secondary N) is 1. The molecule has 0 spiro atoms. The molecule has 1 aliphatic carbocycles. The summed E-state index contributed by atoms with van der Waals surface area (Å²) >= 11 is 0. The van der Waals surface area contributed by atoms with Crippen LogP contribution in [0.4, 0.5) is 0 Å². The lowest BCUT2D eigenvalue weighted by Crippen LogP contribution is -2.30. The summed E-state index contributed by atoms with van der Waals surface area (Å²) in [5.74, 6) is 1.05. The van der Waals surface area contributed by atoms with Crippen LogP contribution in [0.15, 0.2) is 0 Å². The van der Waals surface area contributed by atoms with Crippen molar-refractivity contribution in [3.8, 4) is 0 Å². The van der Waals surface area contributed by atoms with Crippen molar-refractivity contribution in [3.63, 3.8) is 0 Å². The number of hydrogen-bond donors (Lipinski definition) is 1. The molecule has 1 N–H and O–H groups in total. The Labute approximate surface area is 81.1 Å². The molecular weight excluding hydrogens is 162 g/mol. The molecule has 0 aromatic rings. The van der Waals surface area contributed by atoms with Crippen LogP contribution in [0.1, 0.15) is 39.0 Å². The molecule has 0 radical (unpaired) electrons. The van der Waals surface area contributed by atoms with Crippen LogP contribution in [-0.4, -0.2) is 19.4 Å². The molecule has 1 fully saturated rings. The second-order valence-corrected chi connectivity index (χ2v) is 4.20. The van der Waals surface area contributed by atoms with Gasteiger partial charge in [0.25, 0.3) is 0 Å². The van der Waals surface area contributed by atoms with E-state index >= 15 is 0 Å². The van der Waals surface area contributed by atoms with Gasteiger partial charge in [-0.1, -0.05) is 26.2 Å². The van der Waals surface area contributed by atoms with E-state index in [1.54, 1.807) is 0 Å². The first-order valence-corrected chi connectivity index (χ1v) is 5.44. The van der Waals surface area contributed by atoms with Gasteiger partial charge in [0, 0.05) is 18.4 Å². The summed E-state index contributed by atoms with van der Waals surface area (Å²) in [6, 6.07) is 0. The molecule has 0 aromatic heterocycles. The van der Waals surface area contributed by atoms with E-state index in [4.69, 9.17) is 0 Å². The summed E-state index contributed by atoms with van der Waals surface area (Å²) in [5.41, 5.74) is 0. The summed E-state index contributed by atoms with van der Waals surface area (Å²) in [6.45, 7) is 2.86. The average molecular weight is 183 g/mol. The van der Waals surface area contributed by atoms with Gasteiger partial charge in [-0.05, 0) is 19.9 Å². The zero-order valence-electron chi connectivity index (χ0n) is 8.81. The van der Waals surface area contributed by atoms with Crippen LogP contribution < -0.4 is 5.32 Å². The third-order valence-electron chi connectivity index (χ3n) is 3.00. The maximum atomic E-state index is 11.8. The van der Waals surface area contributed by atoms with Gasteiger partial charge in [0.2, 0.25) is 0 Å². The molecule has 1 unspecified atom stereocenters.